The molecule has 1 aromatic heterocycles. The summed E-state index contributed by atoms with van der Waals surface area (Å²) in [6.45, 7) is 3.75. The van der Waals surface area contributed by atoms with E-state index in [9.17, 15) is 4.79 Å². The molecule has 138 valence electrons. The molecule has 4 rings (SSSR count). The van der Waals surface area contributed by atoms with Crippen LogP contribution in [0.25, 0.3) is 11.3 Å². The molecular weight excluding hydrogens is 336 g/mol. The van der Waals surface area contributed by atoms with Crippen LogP contribution in [0.1, 0.15) is 28.8 Å². The predicted octanol–water partition coefficient (Wildman–Crippen LogP) is 3.78. The molecule has 3 aromatic rings. The van der Waals surface area contributed by atoms with Gasteiger partial charge in [0.15, 0.2) is 5.82 Å². The van der Waals surface area contributed by atoms with Gasteiger partial charge in [0.1, 0.15) is 0 Å². The van der Waals surface area contributed by atoms with Crippen molar-refractivity contribution in [1.82, 2.24) is 15.5 Å². The molecule has 1 aliphatic heterocycles. The van der Waals surface area contributed by atoms with Crippen molar-refractivity contribution < 1.29 is 4.79 Å². The Balaban J connectivity index is 1.42. The number of carbonyl (C=O) groups is 1. The Morgan fingerprint density at radius 2 is 1.93 bits per heavy atom. The zero-order valence-electron chi connectivity index (χ0n) is 15.5. The van der Waals surface area contributed by atoms with Crippen molar-refractivity contribution in [3.63, 3.8) is 0 Å². The lowest BCUT2D eigenvalue weighted by atomic mass is 10.0. The fraction of sp³-hybridized carbons (Fsp3) is 0.273. The van der Waals surface area contributed by atoms with Crippen molar-refractivity contribution in [2.24, 2.45) is 0 Å². The topological polar surface area (TPSA) is 61.0 Å². The molecule has 0 spiro atoms. The molecule has 5 nitrogen and oxygen atoms in total. The first-order valence-corrected chi connectivity index (χ1v) is 9.42. The summed E-state index contributed by atoms with van der Waals surface area (Å²) in [5, 5.41) is 10.8. The molecule has 2 heterocycles. The maximum Gasteiger partial charge on any atom is 0.251 e. The minimum absolute atomic E-state index is 0.00569. The lowest BCUT2D eigenvalue weighted by molar-refractivity contribution is 0.0933. The zero-order valence-corrected chi connectivity index (χ0v) is 15.5. The molecule has 1 aliphatic rings. The summed E-state index contributed by atoms with van der Waals surface area (Å²) in [4.78, 5) is 14.7. The molecule has 1 fully saturated rings. The molecule has 1 saturated heterocycles. The SMILES string of the molecule is Cc1ccc(C(=O)NC2CCCN(c3cc(-c4ccccc4)[nH]n3)C2)cc1. The van der Waals surface area contributed by atoms with E-state index < -0.39 is 0 Å². The predicted molar refractivity (Wildman–Crippen MR) is 108 cm³/mol. The Kier molecular flexibility index (Phi) is 4.92. The van der Waals surface area contributed by atoms with E-state index in [1.54, 1.807) is 0 Å². The number of hydrogen-bond donors (Lipinski definition) is 2. The number of nitrogens with zero attached hydrogens (tertiary/aromatic N) is 2. The molecule has 1 amide bonds. The summed E-state index contributed by atoms with van der Waals surface area (Å²) in [7, 11) is 0. The van der Waals surface area contributed by atoms with Crippen LogP contribution in [0.2, 0.25) is 0 Å². The summed E-state index contributed by atoms with van der Waals surface area (Å²) in [5.41, 5.74) is 4.00. The molecule has 0 saturated carbocycles. The van der Waals surface area contributed by atoms with Crippen LogP contribution < -0.4 is 10.2 Å². The van der Waals surface area contributed by atoms with Gasteiger partial charge >= 0.3 is 0 Å². The van der Waals surface area contributed by atoms with Gasteiger partial charge in [-0.05, 0) is 37.5 Å². The molecule has 2 N–H and O–H groups in total. The first kappa shape index (κ1) is 17.3. The second kappa shape index (κ2) is 7.66. The van der Waals surface area contributed by atoms with Crippen molar-refractivity contribution in [3.05, 3.63) is 71.8 Å². The number of hydrogen-bond acceptors (Lipinski definition) is 3. The number of carbonyl (C=O) groups excluding carboxylic acids is 1. The van der Waals surface area contributed by atoms with Gasteiger partial charge in [-0.3, -0.25) is 9.89 Å². The van der Waals surface area contributed by atoms with Crippen molar-refractivity contribution in [2.45, 2.75) is 25.8 Å². The van der Waals surface area contributed by atoms with Crippen LogP contribution >= 0.6 is 0 Å². The van der Waals surface area contributed by atoms with Gasteiger partial charge in [-0.15, -0.1) is 0 Å². The number of aromatic nitrogens is 2. The molecule has 1 unspecified atom stereocenters. The third-order valence-corrected chi connectivity index (χ3v) is 5.04. The van der Waals surface area contributed by atoms with E-state index in [0.717, 1.165) is 48.6 Å². The van der Waals surface area contributed by atoms with Gasteiger partial charge in [-0.2, -0.15) is 5.10 Å². The normalized spacial score (nSPS) is 16.9. The number of anilines is 1. The number of rotatable bonds is 4. The molecule has 0 aliphatic carbocycles. The Bertz CT molecular complexity index is 902. The standard InChI is InChI=1S/C22H24N4O/c1-16-9-11-18(12-10-16)22(27)23-19-8-5-13-26(15-19)21-14-20(24-25-21)17-6-3-2-4-7-17/h2-4,6-7,9-12,14,19H,5,8,13,15H2,1H3,(H,23,27)(H,24,25). The number of nitrogens with one attached hydrogen (secondary N) is 2. The Labute approximate surface area is 159 Å². The highest BCUT2D eigenvalue weighted by Crippen LogP contribution is 2.24. The molecule has 2 aromatic carbocycles. The van der Waals surface area contributed by atoms with Gasteiger partial charge in [0.2, 0.25) is 0 Å². The highest BCUT2D eigenvalue weighted by molar-refractivity contribution is 5.94. The summed E-state index contributed by atoms with van der Waals surface area (Å²) >= 11 is 0. The highest BCUT2D eigenvalue weighted by atomic mass is 16.1. The Morgan fingerprint density at radius 1 is 1.15 bits per heavy atom. The minimum Gasteiger partial charge on any atom is -0.353 e. The maximum absolute atomic E-state index is 12.5. The third kappa shape index (κ3) is 4.03. The fourth-order valence-electron chi connectivity index (χ4n) is 3.52. The average Bonchev–Trinajstić information content (AvgIpc) is 3.20. The van der Waals surface area contributed by atoms with Crippen molar-refractivity contribution >= 4 is 11.7 Å². The van der Waals surface area contributed by atoms with Gasteiger partial charge in [0.25, 0.3) is 5.91 Å². The molecule has 5 heteroatoms. The van der Waals surface area contributed by atoms with E-state index in [2.05, 4.69) is 38.6 Å². The molecule has 0 radical (unpaired) electrons. The summed E-state index contributed by atoms with van der Waals surface area (Å²) in [5.74, 6) is 0.928. The van der Waals surface area contributed by atoms with Gasteiger partial charge in [-0.25, -0.2) is 0 Å². The average molecular weight is 360 g/mol. The lowest BCUT2D eigenvalue weighted by Gasteiger charge is -2.33. The van der Waals surface area contributed by atoms with Crippen LogP contribution in [0.4, 0.5) is 5.82 Å². The summed E-state index contributed by atoms with van der Waals surface area (Å²) < 4.78 is 0. The molecule has 1 atom stereocenters. The lowest BCUT2D eigenvalue weighted by Crippen LogP contribution is -2.48. The number of H-pyrrole nitrogens is 1. The van der Waals surface area contributed by atoms with Crippen LogP contribution in [0, 0.1) is 6.92 Å². The van der Waals surface area contributed by atoms with Gasteiger partial charge in [0, 0.05) is 30.8 Å². The zero-order chi connectivity index (χ0) is 18.6. The van der Waals surface area contributed by atoms with Crippen LogP contribution in [0.5, 0.6) is 0 Å². The van der Waals surface area contributed by atoms with Crippen molar-refractivity contribution in [3.8, 4) is 11.3 Å². The van der Waals surface area contributed by atoms with Crippen LogP contribution in [0.15, 0.2) is 60.7 Å². The largest absolute Gasteiger partial charge is 0.353 e. The van der Waals surface area contributed by atoms with Crippen LogP contribution in [-0.4, -0.2) is 35.2 Å². The first-order valence-electron chi connectivity index (χ1n) is 9.42. The number of piperidine rings is 1. The van der Waals surface area contributed by atoms with E-state index in [1.165, 1.54) is 0 Å². The second-order valence-electron chi connectivity index (χ2n) is 7.13. The van der Waals surface area contributed by atoms with Gasteiger partial charge in [0.05, 0.1) is 5.69 Å². The monoisotopic (exact) mass is 360 g/mol. The highest BCUT2D eigenvalue weighted by Gasteiger charge is 2.23. The smallest absolute Gasteiger partial charge is 0.251 e. The van der Waals surface area contributed by atoms with Gasteiger partial charge < -0.3 is 10.2 Å². The van der Waals surface area contributed by atoms with E-state index in [-0.39, 0.29) is 11.9 Å². The summed E-state index contributed by atoms with van der Waals surface area (Å²) in [6, 6.07) is 20.1. The van der Waals surface area contributed by atoms with Crippen molar-refractivity contribution in [1.29, 1.82) is 0 Å². The van der Waals surface area contributed by atoms with E-state index >= 15 is 0 Å². The van der Waals surface area contributed by atoms with E-state index in [0.29, 0.717) is 5.56 Å². The minimum atomic E-state index is -0.00569. The fourth-order valence-corrected chi connectivity index (χ4v) is 3.52. The van der Waals surface area contributed by atoms with E-state index in [4.69, 9.17) is 0 Å². The Hall–Kier alpha value is -3.08. The van der Waals surface area contributed by atoms with Crippen molar-refractivity contribution in [2.75, 3.05) is 18.0 Å². The number of amides is 1. The van der Waals surface area contributed by atoms with Crippen LogP contribution in [0.3, 0.4) is 0 Å². The maximum atomic E-state index is 12.5. The van der Waals surface area contributed by atoms with Gasteiger partial charge in [-0.1, -0.05) is 48.0 Å². The first-order chi connectivity index (χ1) is 13.2. The number of aromatic amines is 1. The number of aryl methyl sites for hydroxylation is 1. The molecule has 27 heavy (non-hydrogen) atoms. The molecular formula is C22H24N4O. The second-order valence-corrected chi connectivity index (χ2v) is 7.13. The summed E-state index contributed by atoms with van der Waals surface area (Å²) in [6.07, 6.45) is 2.02. The van der Waals surface area contributed by atoms with Crippen LogP contribution in [-0.2, 0) is 0 Å². The molecule has 0 bridgehead atoms. The quantitative estimate of drug-likeness (QED) is 0.744. The Morgan fingerprint density at radius 3 is 2.70 bits per heavy atom. The third-order valence-electron chi connectivity index (χ3n) is 5.04. The van der Waals surface area contributed by atoms with E-state index in [1.807, 2.05) is 49.4 Å². The number of benzene rings is 2.